The molecule has 3 nitrogen and oxygen atoms in total. The number of carbonyl (C=O) groups excluding carboxylic acids is 1. The van der Waals surface area contributed by atoms with Crippen LogP contribution in [-0.4, -0.2) is 5.97 Å². The van der Waals surface area contributed by atoms with Crippen LogP contribution in [0.1, 0.15) is 10.6 Å². The fraction of sp³-hybridized carbons (Fsp3) is 0. The van der Waals surface area contributed by atoms with Gasteiger partial charge in [0.25, 0.3) is 0 Å². The highest BCUT2D eigenvalue weighted by atomic mass is 79.9. The highest BCUT2D eigenvalue weighted by molar-refractivity contribution is 9.10. The molecule has 3 aromatic rings. The fourth-order valence-corrected chi connectivity index (χ4v) is 2.50. The fourth-order valence-electron chi connectivity index (χ4n) is 1.79. The number of fused-ring (bicyclic) bond motifs is 1. The molecule has 0 amide bonds. The summed E-state index contributed by atoms with van der Waals surface area (Å²) in [5, 5.41) is 1.20. The highest BCUT2D eigenvalue weighted by Crippen LogP contribution is 2.29. The number of halogens is 2. The standard InChI is InChI=1S/C15H8BrClO3/c16-10-5-6-13(11(17)8-10)20-15(18)14-7-9-3-1-2-4-12(9)19-14/h1-8H. The third-order valence-corrected chi connectivity index (χ3v) is 3.51. The first-order valence-corrected chi connectivity index (χ1v) is 6.96. The van der Waals surface area contributed by atoms with E-state index in [1.54, 1.807) is 30.3 Å². The molecule has 1 aromatic heterocycles. The Morgan fingerprint density at radius 3 is 2.70 bits per heavy atom. The lowest BCUT2D eigenvalue weighted by molar-refractivity contribution is 0.0704. The zero-order valence-electron chi connectivity index (χ0n) is 10.1. The van der Waals surface area contributed by atoms with Crippen LogP contribution in [0.3, 0.4) is 0 Å². The predicted octanol–water partition coefficient (Wildman–Crippen LogP) is 5.07. The Morgan fingerprint density at radius 2 is 1.95 bits per heavy atom. The van der Waals surface area contributed by atoms with E-state index < -0.39 is 5.97 Å². The Morgan fingerprint density at radius 1 is 1.15 bits per heavy atom. The lowest BCUT2D eigenvalue weighted by atomic mass is 10.2. The van der Waals surface area contributed by atoms with Crippen LogP contribution in [0.4, 0.5) is 0 Å². The number of benzene rings is 2. The highest BCUT2D eigenvalue weighted by Gasteiger charge is 2.16. The van der Waals surface area contributed by atoms with Gasteiger partial charge in [0.15, 0.2) is 0 Å². The first-order valence-electron chi connectivity index (χ1n) is 5.79. The summed E-state index contributed by atoms with van der Waals surface area (Å²) in [4.78, 5) is 12.0. The summed E-state index contributed by atoms with van der Waals surface area (Å²) in [6, 6.07) is 14.0. The van der Waals surface area contributed by atoms with Crippen molar-refractivity contribution in [3.8, 4) is 5.75 Å². The molecular weight excluding hydrogens is 344 g/mol. The van der Waals surface area contributed by atoms with Crippen molar-refractivity contribution in [2.45, 2.75) is 0 Å². The molecule has 0 aliphatic rings. The van der Waals surface area contributed by atoms with Crippen LogP contribution in [0, 0.1) is 0 Å². The summed E-state index contributed by atoms with van der Waals surface area (Å²) < 4.78 is 11.5. The van der Waals surface area contributed by atoms with Gasteiger partial charge in [0, 0.05) is 9.86 Å². The van der Waals surface area contributed by atoms with E-state index in [9.17, 15) is 4.79 Å². The van der Waals surface area contributed by atoms with E-state index in [0.717, 1.165) is 9.86 Å². The molecule has 0 saturated carbocycles. The van der Waals surface area contributed by atoms with Crippen LogP contribution < -0.4 is 4.74 Å². The lowest BCUT2D eigenvalue weighted by Crippen LogP contribution is -2.07. The molecule has 0 atom stereocenters. The maximum Gasteiger partial charge on any atom is 0.379 e. The van der Waals surface area contributed by atoms with E-state index in [2.05, 4.69) is 15.9 Å². The number of para-hydroxylation sites is 1. The molecule has 0 spiro atoms. The summed E-state index contributed by atoms with van der Waals surface area (Å²) in [6.07, 6.45) is 0. The van der Waals surface area contributed by atoms with Gasteiger partial charge in [-0.05, 0) is 30.3 Å². The van der Waals surface area contributed by atoms with Crippen molar-refractivity contribution in [2.75, 3.05) is 0 Å². The van der Waals surface area contributed by atoms with Gasteiger partial charge in [-0.3, -0.25) is 0 Å². The van der Waals surface area contributed by atoms with Crippen molar-refractivity contribution >= 4 is 44.5 Å². The maximum absolute atomic E-state index is 12.0. The predicted molar refractivity (Wildman–Crippen MR) is 80.3 cm³/mol. The molecular formula is C15H8BrClO3. The molecule has 0 N–H and O–H groups in total. The van der Waals surface area contributed by atoms with Gasteiger partial charge in [-0.15, -0.1) is 0 Å². The third-order valence-electron chi connectivity index (χ3n) is 2.72. The Balaban J connectivity index is 1.89. The number of esters is 1. The van der Waals surface area contributed by atoms with E-state index >= 15 is 0 Å². The van der Waals surface area contributed by atoms with Crippen molar-refractivity contribution in [3.05, 3.63) is 63.8 Å². The van der Waals surface area contributed by atoms with E-state index in [1.807, 2.05) is 18.2 Å². The summed E-state index contributed by atoms with van der Waals surface area (Å²) in [5.41, 5.74) is 0.640. The topological polar surface area (TPSA) is 39.4 Å². The van der Waals surface area contributed by atoms with Crippen molar-refractivity contribution in [1.82, 2.24) is 0 Å². The number of ether oxygens (including phenoxy) is 1. The maximum atomic E-state index is 12.0. The second-order valence-electron chi connectivity index (χ2n) is 4.11. The number of carbonyl (C=O) groups is 1. The van der Waals surface area contributed by atoms with E-state index in [-0.39, 0.29) is 5.76 Å². The van der Waals surface area contributed by atoms with Crippen molar-refractivity contribution < 1.29 is 13.9 Å². The van der Waals surface area contributed by atoms with Gasteiger partial charge >= 0.3 is 5.97 Å². The van der Waals surface area contributed by atoms with E-state index in [4.69, 9.17) is 20.8 Å². The van der Waals surface area contributed by atoms with Crippen LogP contribution in [-0.2, 0) is 0 Å². The Hall–Kier alpha value is -1.78. The van der Waals surface area contributed by atoms with E-state index in [1.165, 1.54) is 0 Å². The van der Waals surface area contributed by atoms with Crippen molar-refractivity contribution in [3.63, 3.8) is 0 Å². The van der Waals surface area contributed by atoms with Gasteiger partial charge < -0.3 is 9.15 Å². The van der Waals surface area contributed by atoms with Crippen LogP contribution >= 0.6 is 27.5 Å². The Kier molecular flexibility index (Phi) is 3.51. The lowest BCUT2D eigenvalue weighted by Gasteiger charge is -2.04. The van der Waals surface area contributed by atoms with Gasteiger partial charge in [-0.25, -0.2) is 4.79 Å². The van der Waals surface area contributed by atoms with Crippen molar-refractivity contribution in [1.29, 1.82) is 0 Å². The smallest absolute Gasteiger partial charge is 0.379 e. The Labute approximate surface area is 128 Å². The minimum Gasteiger partial charge on any atom is -0.449 e. The van der Waals surface area contributed by atoms with Gasteiger partial charge in [-0.1, -0.05) is 45.7 Å². The SMILES string of the molecule is O=C(Oc1ccc(Br)cc1Cl)c1cc2ccccc2o1. The molecule has 2 aromatic carbocycles. The summed E-state index contributed by atoms with van der Waals surface area (Å²) >= 11 is 9.29. The quantitative estimate of drug-likeness (QED) is 0.478. The normalized spacial score (nSPS) is 10.7. The number of hydrogen-bond donors (Lipinski definition) is 0. The van der Waals surface area contributed by atoms with Crippen LogP contribution in [0.2, 0.25) is 5.02 Å². The molecule has 3 rings (SSSR count). The average molecular weight is 352 g/mol. The average Bonchev–Trinajstić information content (AvgIpc) is 2.86. The summed E-state index contributed by atoms with van der Waals surface area (Å²) in [6.45, 7) is 0. The molecule has 0 unspecified atom stereocenters. The van der Waals surface area contributed by atoms with Crippen molar-refractivity contribution in [2.24, 2.45) is 0 Å². The van der Waals surface area contributed by atoms with Gasteiger partial charge in [-0.2, -0.15) is 0 Å². The van der Waals surface area contributed by atoms with Crippen LogP contribution in [0.15, 0.2) is 57.4 Å². The molecule has 1 heterocycles. The molecule has 0 aliphatic carbocycles. The molecule has 0 fully saturated rings. The number of furan rings is 1. The zero-order valence-corrected chi connectivity index (χ0v) is 12.4. The minimum atomic E-state index is -0.578. The second-order valence-corrected chi connectivity index (χ2v) is 5.44. The van der Waals surface area contributed by atoms with Gasteiger partial charge in [0.05, 0.1) is 5.02 Å². The first kappa shape index (κ1) is 13.2. The monoisotopic (exact) mass is 350 g/mol. The first-order chi connectivity index (χ1) is 9.63. The third kappa shape index (κ3) is 2.57. The molecule has 20 heavy (non-hydrogen) atoms. The largest absolute Gasteiger partial charge is 0.449 e. The summed E-state index contributed by atoms with van der Waals surface area (Å²) in [7, 11) is 0. The second kappa shape index (κ2) is 5.31. The van der Waals surface area contributed by atoms with Gasteiger partial charge in [0.2, 0.25) is 5.76 Å². The molecule has 100 valence electrons. The number of rotatable bonds is 2. The van der Waals surface area contributed by atoms with E-state index in [0.29, 0.717) is 16.4 Å². The molecule has 0 aliphatic heterocycles. The molecule has 0 bridgehead atoms. The Bertz CT molecular complexity index is 762. The minimum absolute atomic E-state index is 0.144. The number of hydrogen-bond acceptors (Lipinski definition) is 3. The summed E-state index contributed by atoms with van der Waals surface area (Å²) in [5.74, 6) is -0.143. The molecule has 0 saturated heterocycles. The zero-order chi connectivity index (χ0) is 14.1. The van der Waals surface area contributed by atoms with Crippen LogP contribution in [0.5, 0.6) is 5.75 Å². The molecule has 5 heteroatoms. The van der Waals surface area contributed by atoms with Gasteiger partial charge in [0.1, 0.15) is 11.3 Å². The molecule has 0 radical (unpaired) electrons. The van der Waals surface area contributed by atoms with Crippen LogP contribution in [0.25, 0.3) is 11.0 Å².